The zero-order chi connectivity index (χ0) is 48.8. The average molecular weight is 921 g/mol. The molecule has 70 heavy (non-hydrogen) atoms. The van der Waals surface area contributed by atoms with Gasteiger partial charge >= 0.3 is 0 Å². The van der Waals surface area contributed by atoms with E-state index in [0.29, 0.717) is 0 Å². The third-order valence-electron chi connectivity index (χ3n) is 16.2. The Morgan fingerprint density at radius 1 is 0.271 bits per heavy atom. The molecule has 0 fully saturated rings. The highest BCUT2D eigenvalue weighted by atomic mass is 28.3. The summed E-state index contributed by atoms with van der Waals surface area (Å²) in [6, 6.07) is 74.7. The molecule has 0 bridgehead atoms. The van der Waals surface area contributed by atoms with Crippen molar-refractivity contribution in [2.24, 2.45) is 5.92 Å². The van der Waals surface area contributed by atoms with Crippen LogP contribution in [0.25, 0.3) is 66.8 Å². The van der Waals surface area contributed by atoms with Crippen LogP contribution in [0, 0.1) is 47.5 Å². The SMILES string of the molecule is CC1=C(C)C(C)C([Si](c2c(C)c(-c3ccccc3)cc(-c3ccccc3)c2C)(c2c(C)c(-c3ccccc3)cc(-c3ccccc3)c2C)c2c(C)c(-c3ccccc3)cc(-c3ccccc3)c2C)=C1C. The van der Waals surface area contributed by atoms with E-state index in [1.165, 1.54) is 132 Å². The Hall–Kier alpha value is -7.32. The first-order valence-corrected chi connectivity index (χ1v) is 27.1. The summed E-state index contributed by atoms with van der Waals surface area (Å²) in [6.45, 7) is 24.6. The van der Waals surface area contributed by atoms with E-state index in [2.05, 4.69) is 269 Å². The molecule has 9 aromatic carbocycles. The fraction of sp³-hybridized carbons (Fsp3) is 0.159. The average Bonchev–Trinajstić information content (AvgIpc) is 3.59. The van der Waals surface area contributed by atoms with Crippen LogP contribution in [0.4, 0.5) is 0 Å². The summed E-state index contributed by atoms with van der Waals surface area (Å²) >= 11 is 0. The molecule has 0 saturated heterocycles. The fourth-order valence-corrected chi connectivity index (χ4v) is 20.0. The van der Waals surface area contributed by atoms with Gasteiger partial charge in [-0.2, -0.15) is 0 Å². The smallest absolute Gasteiger partial charge is 0.0636 e. The molecule has 1 unspecified atom stereocenters. The first-order valence-electron chi connectivity index (χ1n) is 25.1. The molecule has 0 nitrogen and oxygen atoms in total. The Labute approximate surface area is 418 Å². The molecule has 1 aliphatic carbocycles. The summed E-state index contributed by atoms with van der Waals surface area (Å²) < 4.78 is 0. The molecule has 0 spiro atoms. The zero-order valence-electron chi connectivity index (χ0n) is 42.6. The molecule has 0 aliphatic heterocycles. The van der Waals surface area contributed by atoms with Crippen molar-refractivity contribution in [3.63, 3.8) is 0 Å². The van der Waals surface area contributed by atoms with Crippen molar-refractivity contribution >= 4 is 23.6 Å². The first-order chi connectivity index (χ1) is 33.9. The maximum absolute atomic E-state index is 3.62. The van der Waals surface area contributed by atoms with E-state index in [9.17, 15) is 0 Å². The lowest BCUT2D eigenvalue weighted by atomic mass is 9.90. The van der Waals surface area contributed by atoms with Crippen LogP contribution in [0.2, 0.25) is 0 Å². The highest BCUT2D eigenvalue weighted by molar-refractivity contribution is 7.17. The van der Waals surface area contributed by atoms with E-state index in [0.717, 1.165) is 0 Å². The minimum absolute atomic E-state index is 0.185. The van der Waals surface area contributed by atoms with Gasteiger partial charge in [-0.1, -0.05) is 205 Å². The molecule has 0 aromatic heterocycles. The molecule has 0 saturated carbocycles. The van der Waals surface area contributed by atoms with Crippen LogP contribution in [-0.2, 0) is 0 Å². The molecular weight excluding hydrogens is 857 g/mol. The Kier molecular flexibility index (Phi) is 12.5. The van der Waals surface area contributed by atoms with E-state index in [1.54, 1.807) is 5.20 Å². The van der Waals surface area contributed by atoms with E-state index in [1.807, 2.05) is 0 Å². The molecule has 344 valence electrons. The lowest BCUT2D eigenvalue weighted by Gasteiger charge is -2.46. The van der Waals surface area contributed by atoms with Crippen LogP contribution in [0.5, 0.6) is 0 Å². The zero-order valence-corrected chi connectivity index (χ0v) is 43.6. The molecule has 0 heterocycles. The van der Waals surface area contributed by atoms with Gasteiger partial charge in [0.15, 0.2) is 8.07 Å². The van der Waals surface area contributed by atoms with Gasteiger partial charge in [0.05, 0.1) is 0 Å². The summed E-state index contributed by atoms with van der Waals surface area (Å²) in [6.07, 6.45) is 0. The van der Waals surface area contributed by atoms with Crippen molar-refractivity contribution in [1.29, 1.82) is 0 Å². The molecule has 10 rings (SSSR count). The topological polar surface area (TPSA) is 0 Å². The van der Waals surface area contributed by atoms with Crippen molar-refractivity contribution in [3.05, 3.63) is 255 Å². The number of rotatable bonds is 10. The Balaban J connectivity index is 1.56. The number of allylic oxidation sites excluding steroid dienone is 4. The van der Waals surface area contributed by atoms with E-state index in [-0.39, 0.29) is 5.92 Å². The van der Waals surface area contributed by atoms with Crippen LogP contribution in [0.1, 0.15) is 61.1 Å². The second kappa shape index (κ2) is 18.9. The highest BCUT2D eigenvalue weighted by Gasteiger charge is 2.54. The molecular formula is C69H64Si. The van der Waals surface area contributed by atoms with Crippen LogP contribution in [0.15, 0.2) is 222 Å². The van der Waals surface area contributed by atoms with Crippen molar-refractivity contribution < 1.29 is 0 Å². The van der Waals surface area contributed by atoms with Gasteiger partial charge in [0, 0.05) is 0 Å². The Bertz CT molecular complexity index is 2950. The standard InChI is InChI=1S/C69H64Si/c1-44-45(2)47(4)66(46(44)3)70(67-48(5)60(54-29-17-11-18-30-54)41-61(49(67)6)55-31-19-12-20-32-55,68-50(7)62(56-33-21-13-22-34-56)42-63(51(68)8)57-35-23-14-24-36-57)69-52(9)64(58-37-25-15-26-38-58)43-65(53(69)10)59-39-27-16-28-40-59/h11-43,46H,1-10H3. The maximum atomic E-state index is 2.53. The van der Waals surface area contributed by atoms with Crippen LogP contribution >= 0.6 is 0 Å². The van der Waals surface area contributed by atoms with Crippen LogP contribution < -0.4 is 15.6 Å². The summed E-state index contributed by atoms with van der Waals surface area (Å²) in [7, 11) is -3.62. The monoisotopic (exact) mass is 920 g/mol. The van der Waals surface area contributed by atoms with E-state index >= 15 is 0 Å². The molecule has 0 amide bonds. The normalized spacial score (nSPS) is 13.9. The van der Waals surface area contributed by atoms with E-state index in [4.69, 9.17) is 0 Å². The Morgan fingerprint density at radius 2 is 0.471 bits per heavy atom. The molecule has 1 aliphatic rings. The van der Waals surface area contributed by atoms with Gasteiger partial charge in [0.25, 0.3) is 0 Å². The second-order valence-corrected chi connectivity index (χ2v) is 23.3. The van der Waals surface area contributed by atoms with Gasteiger partial charge in [0.1, 0.15) is 0 Å². The lowest BCUT2D eigenvalue weighted by Crippen LogP contribution is -2.73. The van der Waals surface area contributed by atoms with Gasteiger partial charge in [-0.3, -0.25) is 0 Å². The van der Waals surface area contributed by atoms with Crippen LogP contribution in [-0.4, -0.2) is 8.07 Å². The summed E-state index contributed by atoms with van der Waals surface area (Å²) in [5.41, 5.74) is 27.7. The third kappa shape index (κ3) is 7.59. The minimum atomic E-state index is -3.62. The fourth-order valence-electron chi connectivity index (χ4n) is 12.7. The van der Waals surface area contributed by atoms with Gasteiger partial charge < -0.3 is 0 Å². The second-order valence-electron chi connectivity index (χ2n) is 19.8. The quantitative estimate of drug-likeness (QED) is 0.0947. The summed E-state index contributed by atoms with van der Waals surface area (Å²) in [5.74, 6) is 0.185. The van der Waals surface area contributed by atoms with Crippen molar-refractivity contribution in [2.75, 3.05) is 0 Å². The molecule has 9 aromatic rings. The van der Waals surface area contributed by atoms with Gasteiger partial charge in [-0.05, 0) is 208 Å². The number of benzene rings is 9. The summed E-state index contributed by atoms with van der Waals surface area (Å²) in [5, 5.41) is 6.11. The molecule has 1 atom stereocenters. The van der Waals surface area contributed by atoms with Crippen molar-refractivity contribution in [2.45, 2.75) is 69.2 Å². The van der Waals surface area contributed by atoms with Crippen molar-refractivity contribution in [3.8, 4) is 66.8 Å². The first kappa shape index (κ1) is 46.4. The van der Waals surface area contributed by atoms with Gasteiger partial charge in [0.2, 0.25) is 0 Å². The minimum Gasteiger partial charge on any atom is -0.0636 e. The highest BCUT2D eigenvalue weighted by Crippen LogP contribution is 2.47. The van der Waals surface area contributed by atoms with Gasteiger partial charge in [-0.15, -0.1) is 0 Å². The predicted octanol–water partition coefficient (Wildman–Crippen LogP) is 16.9. The van der Waals surface area contributed by atoms with E-state index < -0.39 is 8.07 Å². The summed E-state index contributed by atoms with van der Waals surface area (Å²) in [4.78, 5) is 0. The van der Waals surface area contributed by atoms with Gasteiger partial charge in [-0.25, -0.2) is 0 Å². The molecule has 1 heteroatoms. The van der Waals surface area contributed by atoms with Crippen molar-refractivity contribution in [1.82, 2.24) is 0 Å². The predicted molar refractivity (Wildman–Crippen MR) is 305 cm³/mol. The third-order valence-corrected chi connectivity index (χ3v) is 22.3. The number of hydrogen-bond acceptors (Lipinski definition) is 0. The molecule has 0 N–H and O–H groups in total. The maximum Gasteiger partial charge on any atom is 0.178 e. The van der Waals surface area contributed by atoms with Crippen LogP contribution in [0.3, 0.4) is 0 Å². The Morgan fingerprint density at radius 3 is 0.643 bits per heavy atom. The lowest BCUT2D eigenvalue weighted by molar-refractivity contribution is 0.851. The number of hydrogen-bond donors (Lipinski definition) is 0. The largest absolute Gasteiger partial charge is 0.178 e. The molecule has 0 radical (unpaired) electrons.